The molecular formula is C17H34O3Si. The van der Waals surface area contributed by atoms with Gasteiger partial charge in [-0.1, -0.05) is 40.7 Å². The number of hydrogen-bond acceptors (Lipinski definition) is 3. The zero-order valence-electron chi connectivity index (χ0n) is 15.4. The van der Waals surface area contributed by atoms with Crippen LogP contribution >= 0.6 is 0 Å². The summed E-state index contributed by atoms with van der Waals surface area (Å²) < 4.78 is 11.3. The molecule has 124 valence electrons. The normalized spacial score (nSPS) is 14.2. The van der Waals surface area contributed by atoms with Crippen molar-refractivity contribution in [1.29, 1.82) is 0 Å². The van der Waals surface area contributed by atoms with Gasteiger partial charge in [0.15, 0.2) is 8.32 Å². The third kappa shape index (κ3) is 7.27. The van der Waals surface area contributed by atoms with Crippen molar-refractivity contribution < 1.29 is 14.0 Å². The molecule has 0 N–H and O–H groups in total. The molecule has 0 amide bonds. The molecule has 3 nitrogen and oxygen atoms in total. The molecule has 0 aliphatic rings. The van der Waals surface area contributed by atoms with Crippen LogP contribution < -0.4 is 0 Å². The van der Waals surface area contributed by atoms with Crippen LogP contribution in [-0.2, 0) is 14.0 Å². The molecule has 0 unspecified atom stereocenters. The number of carbonyl (C=O) groups is 1. The Bertz CT molecular complexity index is 376. The summed E-state index contributed by atoms with van der Waals surface area (Å²) >= 11 is 0. The van der Waals surface area contributed by atoms with Crippen molar-refractivity contribution in [2.75, 3.05) is 13.2 Å². The minimum absolute atomic E-state index is 0.0171. The minimum Gasteiger partial charge on any atom is -0.463 e. The second-order valence-electron chi connectivity index (χ2n) is 8.02. The molecule has 4 heteroatoms. The first-order chi connectivity index (χ1) is 9.32. The van der Waals surface area contributed by atoms with Crippen molar-refractivity contribution in [3.8, 4) is 0 Å². The zero-order valence-corrected chi connectivity index (χ0v) is 16.4. The van der Waals surface area contributed by atoms with Crippen LogP contribution in [0.25, 0.3) is 0 Å². The average Bonchev–Trinajstić information content (AvgIpc) is 2.33. The molecule has 0 heterocycles. The summed E-state index contributed by atoms with van der Waals surface area (Å²) in [6, 6.07) is 0. The Morgan fingerprint density at radius 2 is 1.67 bits per heavy atom. The standard InChI is InChI=1S/C17H34O3Si/c1-10-19-15(18)14(2)11-12-17(6,7)13-20-21(8,9)16(3,4)5/h11H,10,12-13H2,1-9H3/b14-11+. The van der Waals surface area contributed by atoms with Crippen molar-refractivity contribution in [3.05, 3.63) is 11.6 Å². The van der Waals surface area contributed by atoms with Gasteiger partial charge in [-0.05, 0) is 43.8 Å². The monoisotopic (exact) mass is 314 g/mol. The van der Waals surface area contributed by atoms with Gasteiger partial charge in [-0.25, -0.2) is 4.79 Å². The van der Waals surface area contributed by atoms with Crippen LogP contribution in [0.5, 0.6) is 0 Å². The van der Waals surface area contributed by atoms with Crippen LogP contribution in [0.3, 0.4) is 0 Å². The van der Waals surface area contributed by atoms with E-state index in [1.54, 1.807) is 0 Å². The van der Waals surface area contributed by atoms with Gasteiger partial charge in [-0.3, -0.25) is 0 Å². The predicted molar refractivity (Wildman–Crippen MR) is 91.9 cm³/mol. The van der Waals surface area contributed by atoms with E-state index in [0.717, 1.165) is 13.0 Å². The second kappa shape index (κ2) is 7.59. The highest BCUT2D eigenvalue weighted by molar-refractivity contribution is 6.74. The van der Waals surface area contributed by atoms with Gasteiger partial charge in [-0.15, -0.1) is 0 Å². The van der Waals surface area contributed by atoms with E-state index in [2.05, 4.69) is 47.7 Å². The lowest BCUT2D eigenvalue weighted by Gasteiger charge is -2.39. The fourth-order valence-corrected chi connectivity index (χ4v) is 2.59. The summed E-state index contributed by atoms with van der Waals surface area (Å²) in [5.41, 5.74) is 0.695. The molecule has 0 aromatic heterocycles. The van der Waals surface area contributed by atoms with E-state index in [-0.39, 0.29) is 16.4 Å². The lowest BCUT2D eigenvalue weighted by atomic mass is 9.90. The third-order valence-electron chi connectivity index (χ3n) is 4.19. The summed E-state index contributed by atoms with van der Waals surface area (Å²) in [6.45, 7) is 20.4. The van der Waals surface area contributed by atoms with Crippen LogP contribution in [0.4, 0.5) is 0 Å². The van der Waals surface area contributed by atoms with Gasteiger partial charge in [0.05, 0.1) is 6.61 Å². The quantitative estimate of drug-likeness (QED) is 0.379. The third-order valence-corrected chi connectivity index (χ3v) is 8.67. The van der Waals surface area contributed by atoms with E-state index in [1.807, 2.05) is 19.9 Å². The molecule has 0 aromatic carbocycles. The maximum atomic E-state index is 11.6. The van der Waals surface area contributed by atoms with E-state index in [4.69, 9.17) is 9.16 Å². The molecule has 0 saturated carbocycles. The molecule has 0 aromatic rings. The fraction of sp³-hybridized carbons (Fsp3) is 0.824. The van der Waals surface area contributed by atoms with Gasteiger partial charge in [0.25, 0.3) is 0 Å². The molecule has 0 rings (SSSR count). The topological polar surface area (TPSA) is 35.5 Å². The summed E-state index contributed by atoms with van der Waals surface area (Å²) in [5.74, 6) is -0.224. The summed E-state index contributed by atoms with van der Waals surface area (Å²) in [4.78, 5) is 11.6. The molecule has 0 saturated heterocycles. The van der Waals surface area contributed by atoms with Crippen LogP contribution in [0.15, 0.2) is 11.6 Å². The fourth-order valence-electron chi connectivity index (χ4n) is 1.41. The molecule has 0 atom stereocenters. The van der Waals surface area contributed by atoms with Crippen LogP contribution in [-0.4, -0.2) is 27.5 Å². The van der Waals surface area contributed by atoms with Crippen LogP contribution in [0, 0.1) is 5.41 Å². The van der Waals surface area contributed by atoms with Crippen LogP contribution in [0.1, 0.15) is 54.9 Å². The number of rotatable bonds is 7. The number of hydrogen-bond donors (Lipinski definition) is 0. The first kappa shape index (κ1) is 20.4. The van der Waals surface area contributed by atoms with Gasteiger partial charge in [0, 0.05) is 12.2 Å². The molecule has 21 heavy (non-hydrogen) atoms. The molecular weight excluding hydrogens is 280 g/mol. The maximum absolute atomic E-state index is 11.6. The summed E-state index contributed by atoms with van der Waals surface area (Å²) in [6.07, 6.45) is 2.78. The van der Waals surface area contributed by atoms with Crippen LogP contribution in [0.2, 0.25) is 18.1 Å². The number of ether oxygens (including phenoxy) is 1. The Morgan fingerprint density at radius 3 is 2.10 bits per heavy atom. The first-order valence-electron chi connectivity index (χ1n) is 7.80. The van der Waals surface area contributed by atoms with E-state index < -0.39 is 8.32 Å². The number of allylic oxidation sites excluding steroid dienone is 1. The zero-order chi connectivity index (χ0) is 16.9. The Balaban J connectivity index is 4.58. The second-order valence-corrected chi connectivity index (χ2v) is 12.8. The first-order valence-corrected chi connectivity index (χ1v) is 10.7. The van der Waals surface area contributed by atoms with Crippen molar-refractivity contribution in [2.24, 2.45) is 5.41 Å². The van der Waals surface area contributed by atoms with Gasteiger partial charge in [0.1, 0.15) is 0 Å². The lowest BCUT2D eigenvalue weighted by molar-refractivity contribution is -0.138. The summed E-state index contributed by atoms with van der Waals surface area (Å²) in [7, 11) is -1.72. The lowest BCUT2D eigenvalue weighted by Crippen LogP contribution is -2.43. The Hall–Kier alpha value is -0.613. The smallest absolute Gasteiger partial charge is 0.333 e. The average molecular weight is 315 g/mol. The van der Waals surface area contributed by atoms with E-state index in [1.165, 1.54) is 0 Å². The van der Waals surface area contributed by atoms with Gasteiger partial charge >= 0.3 is 5.97 Å². The largest absolute Gasteiger partial charge is 0.463 e. The maximum Gasteiger partial charge on any atom is 0.333 e. The SMILES string of the molecule is CCOC(=O)/C(C)=C/CC(C)(C)CO[Si](C)(C)C(C)(C)C. The summed E-state index contributed by atoms with van der Waals surface area (Å²) in [5, 5.41) is 0.222. The molecule has 0 bridgehead atoms. The molecule has 0 fully saturated rings. The van der Waals surface area contributed by atoms with Crippen molar-refractivity contribution in [3.63, 3.8) is 0 Å². The number of esters is 1. The molecule has 0 aliphatic carbocycles. The highest BCUT2D eigenvalue weighted by Crippen LogP contribution is 2.38. The molecule has 0 radical (unpaired) electrons. The van der Waals surface area contributed by atoms with Gasteiger partial charge < -0.3 is 9.16 Å². The highest BCUT2D eigenvalue weighted by Gasteiger charge is 2.38. The number of carbonyl (C=O) groups excluding carboxylic acids is 1. The Labute approximate surface area is 132 Å². The minimum atomic E-state index is -1.72. The highest BCUT2D eigenvalue weighted by atomic mass is 28.4. The molecule has 0 spiro atoms. The Morgan fingerprint density at radius 1 is 1.14 bits per heavy atom. The predicted octanol–water partition coefficient (Wildman–Crippen LogP) is 4.93. The van der Waals surface area contributed by atoms with Gasteiger partial charge in [0.2, 0.25) is 0 Å². The van der Waals surface area contributed by atoms with Crippen molar-refractivity contribution >= 4 is 14.3 Å². The van der Waals surface area contributed by atoms with Gasteiger partial charge in [-0.2, -0.15) is 0 Å². The van der Waals surface area contributed by atoms with E-state index >= 15 is 0 Å². The van der Waals surface area contributed by atoms with Crippen molar-refractivity contribution in [2.45, 2.75) is 73.0 Å². The molecule has 0 aliphatic heterocycles. The van der Waals surface area contributed by atoms with E-state index in [0.29, 0.717) is 12.2 Å². The van der Waals surface area contributed by atoms with E-state index in [9.17, 15) is 4.79 Å². The Kier molecular flexibility index (Phi) is 7.37. The van der Waals surface area contributed by atoms with Crippen molar-refractivity contribution in [1.82, 2.24) is 0 Å².